The van der Waals surface area contributed by atoms with E-state index in [2.05, 4.69) is 30.0 Å². The Bertz CT molecular complexity index is 638. The van der Waals surface area contributed by atoms with Gasteiger partial charge in [0, 0.05) is 44.9 Å². The van der Waals surface area contributed by atoms with Crippen LogP contribution in [0.5, 0.6) is 0 Å². The van der Waals surface area contributed by atoms with Crippen molar-refractivity contribution in [1.29, 1.82) is 0 Å². The molecular weight excluding hydrogens is 304 g/mol. The maximum atomic E-state index is 6.07. The van der Waals surface area contributed by atoms with E-state index in [9.17, 15) is 0 Å². The van der Waals surface area contributed by atoms with Gasteiger partial charge in [0.1, 0.15) is 5.82 Å². The molecule has 4 unspecified atom stereocenters. The van der Waals surface area contributed by atoms with Crippen LogP contribution in [-0.4, -0.2) is 58.0 Å². The molecule has 0 aliphatic carbocycles. The molecule has 1 aromatic rings. The zero-order chi connectivity index (χ0) is 16.1. The van der Waals surface area contributed by atoms with Crippen molar-refractivity contribution in [3.63, 3.8) is 0 Å². The number of nitrogens with one attached hydrogen (secondary N) is 1. The molecule has 1 aromatic heterocycles. The molecule has 0 radical (unpaired) electrons. The lowest BCUT2D eigenvalue weighted by atomic mass is 9.82. The summed E-state index contributed by atoms with van der Waals surface area (Å²) in [4.78, 5) is 6.93. The molecule has 1 N–H and O–H groups in total. The van der Waals surface area contributed by atoms with Gasteiger partial charge in [-0.1, -0.05) is 0 Å². The maximum absolute atomic E-state index is 6.07. The highest BCUT2D eigenvalue weighted by Crippen LogP contribution is 2.47. The van der Waals surface area contributed by atoms with E-state index in [4.69, 9.17) is 4.74 Å². The Kier molecular flexibility index (Phi) is 3.50. The lowest BCUT2D eigenvalue weighted by Gasteiger charge is -2.23. The van der Waals surface area contributed by atoms with Gasteiger partial charge in [-0.05, 0) is 25.7 Å². The number of aliphatic imine (C=N–C) groups is 1. The molecule has 4 aliphatic rings. The Labute approximate surface area is 142 Å². The fourth-order valence-corrected chi connectivity index (χ4v) is 5.12. The van der Waals surface area contributed by atoms with E-state index in [0.717, 1.165) is 43.7 Å². The summed E-state index contributed by atoms with van der Waals surface area (Å²) >= 11 is 0. The summed E-state index contributed by atoms with van der Waals surface area (Å²) < 4.78 is 8.35. The third-order valence-electron chi connectivity index (χ3n) is 6.30. The predicted octanol–water partition coefficient (Wildman–Crippen LogP) is 0.799. The zero-order valence-corrected chi connectivity index (χ0v) is 14.3. The maximum Gasteiger partial charge on any atom is 0.194 e. The van der Waals surface area contributed by atoms with Crippen LogP contribution >= 0.6 is 0 Å². The van der Waals surface area contributed by atoms with Crippen molar-refractivity contribution in [3.05, 3.63) is 11.6 Å². The van der Waals surface area contributed by atoms with Crippen LogP contribution in [0.1, 0.15) is 37.3 Å². The van der Waals surface area contributed by atoms with Crippen LogP contribution in [-0.2, 0) is 24.2 Å². The van der Waals surface area contributed by atoms with Gasteiger partial charge in [0.25, 0.3) is 0 Å². The number of guanidine groups is 1. The average molecular weight is 330 g/mol. The number of fused-ring (bicyclic) bond motifs is 6. The first-order chi connectivity index (χ1) is 11.8. The van der Waals surface area contributed by atoms with Crippen LogP contribution in [0.15, 0.2) is 4.99 Å². The Hall–Kier alpha value is -1.63. The number of nitrogens with zero attached hydrogens (tertiary/aromatic N) is 5. The molecule has 5 rings (SSSR count). The lowest BCUT2D eigenvalue weighted by molar-refractivity contribution is 0.0767. The van der Waals surface area contributed by atoms with Gasteiger partial charge in [0.05, 0.1) is 18.8 Å². The van der Waals surface area contributed by atoms with Gasteiger partial charge in [-0.2, -0.15) is 0 Å². The van der Waals surface area contributed by atoms with Crippen molar-refractivity contribution < 1.29 is 4.74 Å². The quantitative estimate of drug-likeness (QED) is 0.642. The number of aryl methyl sites for hydroxylation is 1. The second-order valence-corrected chi connectivity index (χ2v) is 7.56. The van der Waals surface area contributed by atoms with Crippen molar-refractivity contribution in [1.82, 2.24) is 25.0 Å². The molecule has 4 aliphatic heterocycles. The molecule has 0 amide bonds. The topological polar surface area (TPSA) is 67.6 Å². The molecule has 2 bridgehead atoms. The number of hydrogen-bond donors (Lipinski definition) is 1. The third kappa shape index (κ3) is 2.24. The fourth-order valence-electron chi connectivity index (χ4n) is 5.12. The van der Waals surface area contributed by atoms with E-state index in [-0.39, 0.29) is 0 Å². The molecular formula is C17H26N6O. The number of aromatic nitrogens is 3. The van der Waals surface area contributed by atoms with Crippen molar-refractivity contribution in [2.75, 3.05) is 20.1 Å². The Morgan fingerprint density at radius 1 is 1.21 bits per heavy atom. The first-order valence-corrected chi connectivity index (χ1v) is 9.35. The van der Waals surface area contributed by atoms with Crippen LogP contribution in [0.2, 0.25) is 0 Å². The van der Waals surface area contributed by atoms with Gasteiger partial charge >= 0.3 is 0 Å². The summed E-state index contributed by atoms with van der Waals surface area (Å²) in [6, 6.07) is 0. The van der Waals surface area contributed by atoms with Gasteiger partial charge in [0.15, 0.2) is 11.8 Å². The van der Waals surface area contributed by atoms with E-state index < -0.39 is 0 Å². The Morgan fingerprint density at radius 2 is 2.00 bits per heavy atom. The highest BCUT2D eigenvalue weighted by molar-refractivity contribution is 5.80. The monoisotopic (exact) mass is 330 g/mol. The van der Waals surface area contributed by atoms with Crippen LogP contribution in [0, 0.1) is 11.8 Å². The first kappa shape index (κ1) is 14.7. The second-order valence-electron chi connectivity index (χ2n) is 7.56. The molecule has 0 aromatic carbocycles. The van der Waals surface area contributed by atoms with Crippen LogP contribution in [0.3, 0.4) is 0 Å². The Morgan fingerprint density at radius 3 is 2.75 bits per heavy atom. The minimum absolute atomic E-state index is 0.492. The van der Waals surface area contributed by atoms with Gasteiger partial charge < -0.3 is 19.5 Å². The molecule has 7 heteroatoms. The van der Waals surface area contributed by atoms with Crippen molar-refractivity contribution >= 4 is 5.96 Å². The van der Waals surface area contributed by atoms with E-state index in [1.54, 1.807) is 0 Å². The first-order valence-electron chi connectivity index (χ1n) is 9.35. The normalized spacial score (nSPS) is 34.5. The van der Waals surface area contributed by atoms with E-state index >= 15 is 0 Å². The van der Waals surface area contributed by atoms with E-state index in [1.165, 1.54) is 25.7 Å². The third-order valence-corrected chi connectivity index (χ3v) is 6.30. The SMILES string of the molecule is CN=C(NCc1nnc2n1CCCC2)N1CC2C3CCC(O3)C2C1. The molecule has 7 nitrogen and oxygen atoms in total. The number of rotatable bonds is 2. The van der Waals surface area contributed by atoms with Gasteiger partial charge in [-0.3, -0.25) is 4.99 Å². The van der Waals surface area contributed by atoms with Crippen LogP contribution in [0.25, 0.3) is 0 Å². The fraction of sp³-hybridized carbons (Fsp3) is 0.824. The van der Waals surface area contributed by atoms with Gasteiger partial charge in [-0.15, -0.1) is 10.2 Å². The largest absolute Gasteiger partial charge is 0.374 e. The van der Waals surface area contributed by atoms with E-state index in [1.807, 2.05) is 7.05 Å². The van der Waals surface area contributed by atoms with Crippen LogP contribution < -0.4 is 5.32 Å². The summed E-state index contributed by atoms with van der Waals surface area (Å²) in [6.45, 7) is 3.90. The molecule has 130 valence electrons. The molecule has 4 atom stereocenters. The average Bonchev–Trinajstić information content (AvgIpc) is 3.37. The smallest absolute Gasteiger partial charge is 0.194 e. The van der Waals surface area contributed by atoms with Crippen molar-refractivity contribution in [2.45, 2.75) is 57.4 Å². The second kappa shape index (κ2) is 5.72. The summed E-state index contributed by atoms with van der Waals surface area (Å²) in [5.74, 6) is 4.56. The summed E-state index contributed by atoms with van der Waals surface area (Å²) in [5, 5.41) is 12.2. The number of hydrogen-bond acceptors (Lipinski definition) is 4. The summed E-state index contributed by atoms with van der Waals surface area (Å²) in [6.07, 6.45) is 6.99. The van der Waals surface area contributed by atoms with E-state index in [0.29, 0.717) is 30.6 Å². The molecule has 0 spiro atoms. The number of ether oxygens (including phenoxy) is 1. The molecule has 24 heavy (non-hydrogen) atoms. The highest BCUT2D eigenvalue weighted by Gasteiger charge is 2.53. The molecule has 3 fully saturated rings. The van der Waals surface area contributed by atoms with Crippen molar-refractivity contribution in [2.24, 2.45) is 16.8 Å². The van der Waals surface area contributed by atoms with Gasteiger partial charge in [0.2, 0.25) is 0 Å². The lowest BCUT2D eigenvalue weighted by Crippen LogP contribution is -2.41. The summed E-state index contributed by atoms with van der Waals surface area (Å²) in [5.41, 5.74) is 0. The minimum Gasteiger partial charge on any atom is -0.374 e. The number of likely N-dealkylation sites (tertiary alicyclic amines) is 1. The molecule has 3 saturated heterocycles. The molecule has 0 saturated carbocycles. The van der Waals surface area contributed by atoms with Gasteiger partial charge in [-0.25, -0.2) is 0 Å². The minimum atomic E-state index is 0.492. The standard InChI is InChI=1S/C17H26N6O/c1-18-17(19-8-16-21-20-15-4-2-3-7-23(15)16)22-9-11-12(10-22)14-6-5-13(11)24-14/h11-14H,2-10H2,1H3,(H,18,19). The summed E-state index contributed by atoms with van der Waals surface area (Å²) in [7, 11) is 1.88. The predicted molar refractivity (Wildman–Crippen MR) is 89.6 cm³/mol. The Balaban J connectivity index is 1.25. The van der Waals surface area contributed by atoms with Crippen LogP contribution in [0.4, 0.5) is 0 Å². The zero-order valence-electron chi connectivity index (χ0n) is 14.3. The highest BCUT2D eigenvalue weighted by atomic mass is 16.5. The van der Waals surface area contributed by atoms with Crippen molar-refractivity contribution in [3.8, 4) is 0 Å². The molecule has 5 heterocycles.